The van der Waals surface area contributed by atoms with E-state index in [4.69, 9.17) is 10.1 Å². The van der Waals surface area contributed by atoms with Crippen molar-refractivity contribution in [1.29, 1.82) is 5.41 Å². The maximum atomic E-state index is 12.0. The van der Waals surface area contributed by atoms with Gasteiger partial charge in [0.2, 0.25) is 5.78 Å². The first-order chi connectivity index (χ1) is 9.92. The molecule has 110 valence electrons. The van der Waals surface area contributed by atoms with Crippen LogP contribution in [-0.4, -0.2) is 38.4 Å². The van der Waals surface area contributed by atoms with E-state index >= 15 is 0 Å². The molecule has 0 aliphatic heterocycles. The van der Waals surface area contributed by atoms with E-state index in [2.05, 4.69) is 4.99 Å². The Balaban J connectivity index is 2.41. The monoisotopic (exact) mass is 285 g/mol. The van der Waals surface area contributed by atoms with Gasteiger partial charge in [0.05, 0.1) is 12.8 Å². The molecular formula is C16H19N3O2. The van der Waals surface area contributed by atoms with Crippen LogP contribution in [0.5, 0.6) is 5.75 Å². The van der Waals surface area contributed by atoms with Crippen LogP contribution in [0.25, 0.3) is 0 Å². The van der Waals surface area contributed by atoms with Gasteiger partial charge in [-0.15, -0.1) is 0 Å². The highest BCUT2D eigenvalue weighted by atomic mass is 16.5. The van der Waals surface area contributed by atoms with Crippen LogP contribution in [0.2, 0.25) is 0 Å². The van der Waals surface area contributed by atoms with E-state index in [0.29, 0.717) is 28.4 Å². The van der Waals surface area contributed by atoms with Crippen molar-refractivity contribution in [3.05, 3.63) is 29.8 Å². The lowest BCUT2D eigenvalue weighted by Gasteiger charge is -2.16. The fraction of sp³-hybridized carbons (Fsp3) is 0.312. The summed E-state index contributed by atoms with van der Waals surface area (Å²) in [5.41, 5.74) is 3.11. The Hall–Kier alpha value is -2.43. The van der Waals surface area contributed by atoms with Crippen LogP contribution in [0.4, 0.5) is 11.4 Å². The molecule has 5 nitrogen and oxygen atoms in total. The minimum absolute atomic E-state index is 0.137. The fourth-order valence-electron chi connectivity index (χ4n) is 2.04. The van der Waals surface area contributed by atoms with Crippen LogP contribution >= 0.6 is 0 Å². The number of hydrogen-bond acceptors (Lipinski definition) is 5. The second-order valence-corrected chi connectivity index (χ2v) is 5.16. The number of rotatable bonds is 3. The van der Waals surface area contributed by atoms with Crippen molar-refractivity contribution < 1.29 is 9.53 Å². The third-order valence-electron chi connectivity index (χ3n) is 3.39. The van der Waals surface area contributed by atoms with Crippen LogP contribution in [0, 0.1) is 5.41 Å². The molecule has 0 atom stereocenters. The number of ether oxygens (including phenoxy) is 1. The van der Waals surface area contributed by atoms with E-state index in [1.165, 1.54) is 6.08 Å². The molecule has 1 aromatic rings. The number of anilines is 1. The summed E-state index contributed by atoms with van der Waals surface area (Å²) in [4.78, 5) is 18.3. The van der Waals surface area contributed by atoms with E-state index in [1.807, 2.05) is 37.2 Å². The number of benzene rings is 1. The molecule has 0 fully saturated rings. The molecule has 5 heteroatoms. The second kappa shape index (κ2) is 5.91. The van der Waals surface area contributed by atoms with Crippen molar-refractivity contribution in [3.8, 4) is 5.75 Å². The standard InChI is InChI=1S/C16H19N3O2/c1-10-7-15(20)14(9-12(10)17)18-13-6-5-11(19(2)3)8-16(13)21-4/h5-8,17H,9H2,1-4H3. The SMILES string of the molecule is COc1cc(N(C)C)ccc1N=C1CC(=N)C(C)=CC1=O. The average molecular weight is 285 g/mol. The first-order valence-corrected chi connectivity index (χ1v) is 6.65. The van der Waals surface area contributed by atoms with Gasteiger partial charge in [0.25, 0.3) is 0 Å². The summed E-state index contributed by atoms with van der Waals surface area (Å²) in [6.45, 7) is 1.77. The molecule has 1 aliphatic rings. The highest BCUT2D eigenvalue weighted by Crippen LogP contribution is 2.32. The third kappa shape index (κ3) is 3.18. The van der Waals surface area contributed by atoms with Crippen LogP contribution in [-0.2, 0) is 4.79 Å². The fourth-order valence-corrected chi connectivity index (χ4v) is 2.04. The number of carbonyl (C=O) groups is 1. The zero-order valence-electron chi connectivity index (χ0n) is 12.7. The summed E-state index contributed by atoms with van der Waals surface area (Å²) in [6.07, 6.45) is 1.73. The zero-order chi connectivity index (χ0) is 15.6. The Morgan fingerprint density at radius 1 is 1.33 bits per heavy atom. The smallest absolute Gasteiger partial charge is 0.200 e. The van der Waals surface area contributed by atoms with Gasteiger partial charge in [-0.1, -0.05) is 0 Å². The molecule has 0 bridgehead atoms. The van der Waals surface area contributed by atoms with Crippen LogP contribution in [0.3, 0.4) is 0 Å². The number of nitrogens with zero attached hydrogens (tertiary/aromatic N) is 2. The van der Waals surface area contributed by atoms with E-state index < -0.39 is 0 Å². The Morgan fingerprint density at radius 2 is 2.05 bits per heavy atom. The van der Waals surface area contributed by atoms with E-state index in [-0.39, 0.29) is 12.2 Å². The lowest BCUT2D eigenvalue weighted by Crippen LogP contribution is -2.22. The van der Waals surface area contributed by atoms with E-state index in [0.717, 1.165) is 5.69 Å². The Morgan fingerprint density at radius 3 is 2.67 bits per heavy atom. The predicted molar refractivity (Wildman–Crippen MR) is 85.5 cm³/mol. The van der Waals surface area contributed by atoms with Crippen molar-refractivity contribution in [2.45, 2.75) is 13.3 Å². The Bertz CT molecular complexity index is 657. The van der Waals surface area contributed by atoms with E-state index in [1.54, 1.807) is 14.0 Å². The largest absolute Gasteiger partial charge is 0.494 e. The molecule has 0 heterocycles. The highest BCUT2D eigenvalue weighted by Gasteiger charge is 2.20. The molecular weight excluding hydrogens is 266 g/mol. The number of hydrogen-bond donors (Lipinski definition) is 1. The van der Waals surface area contributed by atoms with Gasteiger partial charge in [0, 0.05) is 38.0 Å². The van der Waals surface area contributed by atoms with Gasteiger partial charge in [-0.3, -0.25) is 4.79 Å². The summed E-state index contributed by atoms with van der Waals surface area (Å²) in [7, 11) is 5.47. The van der Waals surface area contributed by atoms with Crippen molar-refractivity contribution in [1.82, 2.24) is 0 Å². The van der Waals surface area contributed by atoms with Crippen LogP contribution in [0.1, 0.15) is 13.3 Å². The Kier molecular flexibility index (Phi) is 4.21. The molecule has 0 amide bonds. The van der Waals surface area contributed by atoms with Gasteiger partial charge < -0.3 is 15.0 Å². The minimum atomic E-state index is -0.137. The molecule has 0 radical (unpaired) electrons. The van der Waals surface area contributed by atoms with Gasteiger partial charge in [0.15, 0.2) is 0 Å². The van der Waals surface area contributed by atoms with Crippen LogP contribution in [0.15, 0.2) is 34.8 Å². The maximum absolute atomic E-state index is 12.0. The number of methoxy groups -OCH3 is 1. The molecule has 2 rings (SSSR count). The van der Waals surface area contributed by atoms with E-state index in [9.17, 15) is 4.79 Å². The second-order valence-electron chi connectivity index (χ2n) is 5.16. The van der Waals surface area contributed by atoms with Crippen molar-refractivity contribution >= 4 is 28.6 Å². The normalized spacial score (nSPS) is 17.0. The molecule has 0 saturated heterocycles. The lowest BCUT2D eigenvalue weighted by atomic mass is 9.96. The summed E-state index contributed by atoms with van der Waals surface area (Å²) in [5, 5.41) is 7.83. The van der Waals surface area contributed by atoms with Crippen molar-refractivity contribution in [3.63, 3.8) is 0 Å². The molecule has 0 saturated carbocycles. The molecule has 0 unspecified atom stereocenters. The summed E-state index contributed by atoms with van der Waals surface area (Å²) in [6, 6.07) is 5.62. The summed E-state index contributed by atoms with van der Waals surface area (Å²) in [5.74, 6) is 0.474. The average Bonchev–Trinajstić information content (AvgIpc) is 2.44. The highest BCUT2D eigenvalue weighted by molar-refractivity contribution is 6.50. The van der Waals surface area contributed by atoms with Gasteiger partial charge in [0.1, 0.15) is 11.4 Å². The molecule has 0 aromatic heterocycles. The first-order valence-electron chi connectivity index (χ1n) is 6.65. The Labute approximate surface area is 124 Å². The van der Waals surface area contributed by atoms with Gasteiger partial charge in [-0.25, -0.2) is 4.99 Å². The molecule has 0 spiro atoms. The summed E-state index contributed by atoms with van der Waals surface area (Å²) < 4.78 is 5.35. The molecule has 1 N–H and O–H groups in total. The predicted octanol–water partition coefficient (Wildman–Crippen LogP) is 2.77. The number of aliphatic imine (C=N–C) groups is 1. The molecule has 21 heavy (non-hydrogen) atoms. The molecule has 1 aliphatic carbocycles. The summed E-state index contributed by atoms with van der Waals surface area (Å²) >= 11 is 0. The van der Waals surface area contributed by atoms with Crippen molar-refractivity contribution in [2.24, 2.45) is 4.99 Å². The number of ketones is 1. The topological polar surface area (TPSA) is 65.8 Å². The zero-order valence-corrected chi connectivity index (χ0v) is 12.7. The lowest BCUT2D eigenvalue weighted by molar-refractivity contribution is -0.109. The quantitative estimate of drug-likeness (QED) is 0.928. The number of carbonyl (C=O) groups excluding carboxylic acids is 1. The van der Waals surface area contributed by atoms with Crippen molar-refractivity contribution in [2.75, 3.05) is 26.1 Å². The molecule has 1 aromatic carbocycles. The first kappa shape index (κ1) is 15.0. The maximum Gasteiger partial charge on any atom is 0.200 e. The number of nitrogens with one attached hydrogen (secondary N) is 1. The van der Waals surface area contributed by atoms with Gasteiger partial charge in [-0.2, -0.15) is 0 Å². The van der Waals surface area contributed by atoms with Gasteiger partial charge in [-0.05, 0) is 30.7 Å². The third-order valence-corrected chi connectivity index (χ3v) is 3.39. The van der Waals surface area contributed by atoms with Gasteiger partial charge >= 0.3 is 0 Å². The van der Waals surface area contributed by atoms with Crippen LogP contribution < -0.4 is 9.64 Å². The minimum Gasteiger partial charge on any atom is -0.494 e. The number of allylic oxidation sites excluding steroid dienone is 2.